The Hall–Kier alpha value is -1.87. The van der Waals surface area contributed by atoms with Crippen molar-refractivity contribution in [1.29, 1.82) is 0 Å². The van der Waals surface area contributed by atoms with Crippen LogP contribution < -0.4 is 16.8 Å². The van der Waals surface area contributed by atoms with E-state index in [-0.39, 0.29) is 0 Å². The Bertz CT molecular complexity index is 494. The van der Waals surface area contributed by atoms with E-state index in [2.05, 4.69) is 5.32 Å². The molecule has 0 aliphatic heterocycles. The second-order valence-electron chi connectivity index (χ2n) is 3.49. The van der Waals surface area contributed by atoms with Gasteiger partial charge in [-0.1, -0.05) is 11.6 Å². The summed E-state index contributed by atoms with van der Waals surface area (Å²) in [7, 11) is 0. The fraction of sp³-hybridized carbons (Fsp3) is 0. The fourth-order valence-electron chi connectivity index (χ4n) is 1.35. The van der Waals surface area contributed by atoms with Gasteiger partial charge in [0.05, 0.1) is 10.7 Å². The minimum Gasteiger partial charge on any atom is -0.399 e. The van der Waals surface area contributed by atoms with Crippen molar-refractivity contribution < 1.29 is 0 Å². The second kappa shape index (κ2) is 4.33. The van der Waals surface area contributed by atoms with E-state index < -0.39 is 0 Å². The largest absolute Gasteiger partial charge is 0.399 e. The smallest absolute Gasteiger partial charge is 0.0661 e. The molecule has 0 bridgehead atoms. The molecule has 5 N–H and O–H groups in total. The number of hydrogen-bond donors (Lipinski definition) is 3. The summed E-state index contributed by atoms with van der Waals surface area (Å²) in [6, 6.07) is 12.8. The first kappa shape index (κ1) is 10.6. The molecular weight excluding hydrogens is 222 g/mol. The van der Waals surface area contributed by atoms with Gasteiger partial charge < -0.3 is 16.8 Å². The van der Waals surface area contributed by atoms with Gasteiger partial charge in [-0.3, -0.25) is 0 Å². The van der Waals surface area contributed by atoms with Crippen LogP contribution in [0.25, 0.3) is 0 Å². The van der Waals surface area contributed by atoms with Gasteiger partial charge in [0.25, 0.3) is 0 Å². The quantitative estimate of drug-likeness (QED) is 0.698. The number of rotatable bonds is 2. The first-order valence-electron chi connectivity index (χ1n) is 4.83. The van der Waals surface area contributed by atoms with Gasteiger partial charge in [-0.2, -0.15) is 0 Å². The third-order valence-electron chi connectivity index (χ3n) is 2.18. The number of nitrogens with one attached hydrogen (secondary N) is 1. The summed E-state index contributed by atoms with van der Waals surface area (Å²) in [4.78, 5) is 0. The Morgan fingerprint density at radius 1 is 0.875 bits per heavy atom. The Morgan fingerprint density at radius 3 is 2.12 bits per heavy atom. The molecule has 0 aromatic heterocycles. The summed E-state index contributed by atoms with van der Waals surface area (Å²) in [6.07, 6.45) is 0. The molecule has 4 heteroatoms. The van der Waals surface area contributed by atoms with E-state index >= 15 is 0 Å². The lowest BCUT2D eigenvalue weighted by Gasteiger charge is -2.09. The number of nitrogens with two attached hydrogens (primary N) is 2. The van der Waals surface area contributed by atoms with Crippen molar-refractivity contribution in [3.63, 3.8) is 0 Å². The molecule has 0 saturated heterocycles. The van der Waals surface area contributed by atoms with Gasteiger partial charge in [0.15, 0.2) is 0 Å². The number of halogens is 1. The maximum absolute atomic E-state index is 6.04. The standard InChI is InChI=1S/C12H12ClN3/c13-11-7-9(15)3-6-12(11)16-10-4-1-8(14)2-5-10/h1-7,16H,14-15H2. The van der Waals surface area contributed by atoms with Crippen LogP contribution in [0.3, 0.4) is 0 Å². The predicted octanol–water partition coefficient (Wildman–Crippen LogP) is 3.25. The monoisotopic (exact) mass is 233 g/mol. The molecule has 0 heterocycles. The lowest BCUT2D eigenvalue weighted by molar-refractivity contribution is 1.55. The van der Waals surface area contributed by atoms with Crippen molar-refractivity contribution in [3.8, 4) is 0 Å². The molecule has 0 aliphatic carbocycles. The molecule has 3 nitrogen and oxygen atoms in total. The molecule has 0 fully saturated rings. The summed E-state index contributed by atoms with van der Waals surface area (Å²) in [5.74, 6) is 0. The zero-order valence-corrected chi connectivity index (χ0v) is 9.33. The molecule has 0 saturated carbocycles. The van der Waals surface area contributed by atoms with Crippen molar-refractivity contribution >= 4 is 34.4 Å². The topological polar surface area (TPSA) is 64.1 Å². The molecule has 0 radical (unpaired) electrons. The zero-order valence-electron chi connectivity index (χ0n) is 8.57. The highest BCUT2D eigenvalue weighted by Crippen LogP contribution is 2.27. The van der Waals surface area contributed by atoms with E-state index in [1.54, 1.807) is 12.1 Å². The van der Waals surface area contributed by atoms with E-state index in [1.165, 1.54) is 0 Å². The fourth-order valence-corrected chi connectivity index (χ4v) is 1.59. The van der Waals surface area contributed by atoms with Crippen LogP contribution in [0, 0.1) is 0 Å². The number of anilines is 4. The van der Waals surface area contributed by atoms with Gasteiger partial charge in [-0.05, 0) is 42.5 Å². The minimum atomic E-state index is 0.594. The van der Waals surface area contributed by atoms with Crippen LogP contribution >= 0.6 is 11.6 Å². The number of hydrogen-bond acceptors (Lipinski definition) is 3. The van der Waals surface area contributed by atoms with Gasteiger partial charge in [0.2, 0.25) is 0 Å². The van der Waals surface area contributed by atoms with Crippen LogP contribution in [-0.4, -0.2) is 0 Å². The molecule has 0 amide bonds. The molecule has 82 valence electrons. The average molecular weight is 234 g/mol. The van der Waals surface area contributed by atoms with Crippen LogP contribution in [0.4, 0.5) is 22.7 Å². The Morgan fingerprint density at radius 2 is 1.50 bits per heavy atom. The SMILES string of the molecule is Nc1ccc(Nc2ccc(N)cc2Cl)cc1. The van der Waals surface area contributed by atoms with Gasteiger partial charge in [-0.25, -0.2) is 0 Å². The van der Waals surface area contributed by atoms with Crippen molar-refractivity contribution in [2.24, 2.45) is 0 Å². The van der Waals surface area contributed by atoms with Gasteiger partial charge in [0, 0.05) is 17.1 Å². The van der Waals surface area contributed by atoms with Crippen LogP contribution in [0.15, 0.2) is 42.5 Å². The Labute approximate surface area is 99.0 Å². The maximum Gasteiger partial charge on any atom is 0.0661 e. The van der Waals surface area contributed by atoms with Gasteiger partial charge in [-0.15, -0.1) is 0 Å². The van der Waals surface area contributed by atoms with E-state index in [0.717, 1.165) is 17.1 Å². The first-order chi connectivity index (χ1) is 7.65. The number of nitrogen functional groups attached to an aromatic ring is 2. The second-order valence-corrected chi connectivity index (χ2v) is 3.89. The molecule has 16 heavy (non-hydrogen) atoms. The van der Waals surface area contributed by atoms with Crippen LogP contribution in [0.5, 0.6) is 0 Å². The molecular formula is C12H12ClN3. The number of benzene rings is 2. The van der Waals surface area contributed by atoms with Gasteiger partial charge in [0.1, 0.15) is 0 Å². The Balaban J connectivity index is 2.23. The predicted molar refractivity (Wildman–Crippen MR) is 70.0 cm³/mol. The summed E-state index contributed by atoms with van der Waals surface area (Å²) in [5, 5.41) is 3.78. The van der Waals surface area contributed by atoms with Crippen molar-refractivity contribution in [2.45, 2.75) is 0 Å². The van der Waals surface area contributed by atoms with Crippen molar-refractivity contribution in [2.75, 3.05) is 16.8 Å². The molecule has 0 aliphatic rings. The molecule has 0 atom stereocenters. The van der Waals surface area contributed by atoms with E-state index in [0.29, 0.717) is 10.7 Å². The highest BCUT2D eigenvalue weighted by molar-refractivity contribution is 6.33. The summed E-state index contributed by atoms with van der Waals surface area (Å²) in [5.41, 5.74) is 14.3. The van der Waals surface area contributed by atoms with Crippen LogP contribution in [-0.2, 0) is 0 Å². The van der Waals surface area contributed by atoms with E-state index in [9.17, 15) is 0 Å². The molecule has 2 rings (SSSR count). The third kappa shape index (κ3) is 2.38. The highest BCUT2D eigenvalue weighted by atomic mass is 35.5. The average Bonchev–Trinajstić information content (AvgIpc) is 2.25. The molecule has 0 unspecified atom stereocenters. The third-order valence-corrected chi connectivity index (χ3v) is 2.50. The van der Waals surface area contributed by atoms with Gasteiger partial charge >= 0.3 is 0 Å². The van der Waals surface area contributed by atoms with E-state index in [1.807, 2.05) is 30.3 Å². The lowest BCUT2D eigenvalue weighted by atomic mass is 10.2. The normalized spacial score (nSPS) is 10.1. The zero-order chi connectivity index (χ0) is 11.5. The summed E-state index contributed by atoms with van der Waals surface area (Å²) < 4.78 is 0. The van der Waals surface area contributed by atoms with Crippen LogP contribution in [0.2, 0.25) is 5.02 Å². The highest BCUT2D eigenvalue weighted by Gasteiger charge is 2.00. The molecule has 2 aromatic carbocycles. The summed E-state index contributed by atoms with van der Waals surface area (Å²) in [6.45, 7) is 0. The summed E-state index contributed by atoms with van der Waals surface area (Å²) >= 11 is 6.04. The van der Waals surface area contributed by atoms with Crippen LogP contribution in [0.1, 0.15) is 0 Å². The van der Waals surface area contributed by atoms with E-state index in [4.69, 9.17) is 23.1 Å². The molecule has 2 aromatic rings. The first-order valence-corrected chi connectivity index (χ1v) is 5.20. The minimum absolute atomic E-state index is 0.594. The Kier molecular flexibility index (Phi) is 2.88. The maximum atomic E-state index is 6.04. The lowest BCUT2D eigenvalue weighted by Crippen LogP contribution is -1.93. The van der Waals surface area contributed by atoms with Crippen molar-refractivity contribution in [3.05, 3.63) is 47.5 Å². The molecule has 0 spiro atoms. The van der Waals surface area contributed by atoms with Crippen molar-refractivity contribution in [1.82, 2.24) is 0 Å².